The van der Waals surface area contributed by atoms with E-state index >= 15 is 0 Å². The van der Waals surface area contributed by atoms with Gasteiger partial charge in [-0.3, -0.25) is 0 Å². The highest BCUT2D eigenvalue weighted by Crippen LogP contribution is 2.21. The second-order valence-electron chi connectivity index (χ2n) is 3.80. The molecule has 2 N–H and O–H groups in total. The monoisotopic (exact) mass is 229 g/mol. The molecule has 1 nitrogen and oxygen atoms in total. The van der Waals surface area contributed by atoms with Crippen LogP contribution in [0.2, 0.25) is 5.02 Å². The van der Waals surface area contributed by atoms with Crippen molar-refractivity contribution >= 4 is 11.6 Å². The molecule has 0 saturated carbocycles. The molecule has 84 valence electrons. The van der Waals surface area contributed by atoms with Gasteiger partial charge < -0.3 is 5.73 Å². The van der Waals surface area contributed by atoms with Crippen LogP contribution in [0.5, 0.6) is 0 Å². The SMILES string of the molecule is CCCC(N)CCc1cccc(F)c1Cl. The molecule has 0 aromatic heterocycles. The Morgan fingerprint density at radius 3 is 2.80 bits per heavy atom. The number of benzene rings is 1. The lowest BCUT2D eigenvalue weighted by Gasteiger charge is -2.10. The van der Waals surface area contributed by atoms with Gasteiger partial charge in [0.1, 0.15) is 5.82 Å². The summed E-state index contributed by atoms with van der Waals surface area (Å²) in [5.74, 6) is -0.349. The minimum atomic E-state index is -0.349. The van der Waals surface area contributed by atoms with E-state index in [0.29, 0.717) is 0 Å². The molecule has 1 rings (SSSR count). The molecule has 1 aromatic carbocycles. The van der Waals surface area contributed by atoms with E-state index in [9.17, 15) is 4.39 Å². The van der Waals surface area contributed by atoms with Gasteiger partial charge in [0, 0.05) is 6.04 Å². The van der Waals surface area contributed by atoms with Crippen molar-refractivity contribution < 1.29 is 4.39 Å². The lowest BCUT2D eigenvalue weighted by molar-refractivity contribution is 0.559. The van der Waals surface area contributed by atoms with Gasteiger partial charge >= 0.3 is 0 Å². The van der Waals surface area contributed by atoms with Gasteiger partial charge in [-0.2, -0.15) is 0 Å². The highest BCUT2D eigenvalue weighted by atomic mass is 35.5. The molecular formula is C12H17ClFN. The summed E-state index contributed by atoms with van der Waals surface area (Å²) < 4.78 is 13.1. The maximum Gasteiger partial charge on any atom is 0.142 e. The van der Waals surface area contributed by atoms with Gasteiger partial charge in [-0.05, 0) is 30.9 Å². The number of hydrogen-bond acceptors (Lipinski definition) is 1. The maximum atomic E-state index is 13.1. The van der Waals surface area contributed by atoms with Crippen LogP contribution in [0.3, 0.4) is 0 Å². The first-order chi connectivity index (χ1) is 7.15. The smallest absolute Gasteiger partial charge is 0.142 e. The first kappa shape index (κ1) is 12.5. The lowest BCUT2D eigenvalue weighted by atomic mass is 10.0. The number of aryl methyl sites for hydroxylation is 1. The first-order valence-corrected chi connectivity index (χ1v) is 5.71. The fourth-order valence-corrected chi connectivity index (χ4v) is 1.82. The van der Waals surface area contributed by atoms with Crippen LogP contribution < -0.4 is 5.73 Å². The summed E-state index contributed by atoms with van der Waals surface area (Å²) >= 11 is 5.84. The average molecular weight is 230 g/mol. The fraction of sp³-hybridized carbons (Fsp3) is 0.500. The van der Waals surface area contributed by atoms with E-state index in [-0.39, 0.29) is 16.9 Å². The number of hydrogen-bond donors (Lipinski definition) is 1. The van der Waals surface area contributed by atoms with E-state index < -0.39 is 0 Å². The molecule has 0 aliphatic rings. The maximum absolute atomic E-state index is 13.1. The number of halogens is 2. The van der Waals surface area contributed by atoms with Crippen molar-refractivity contribution in [3.63, 3.8) is 0 Å². The predicted molar refractivity (Wildman–Crippen MR) is 62.6 cm³/mol. The molecule has 0 aliphatic heterocycles. The first-order valence-electron chi connectivity index (χ1n) is 5.33. The largest absolute Gasteiger partial charge is 0.328 e. The molecular weight excluding hydrogens is 213 g/mol. The van der Waals surface area contributed by atoms with Gasteiger partial charge in [-0.25, -0.2) is 4.39 Å². The molecule has 15 heavy (non-hydrogen) atoms. The van der Waals surface area contributed by atoms with Gasteiger partial charge in [-0.15, -0.1) is 0 Å². The van der Waals surface area contributed by atoms with Crippen molar-refractivity contribution in [2.45, 2.75) is 38.6 Å². The summed E-state index contributed by atoms with van der Waals surface area (Å²) in [4.78, 5) is 0. The Hall–Kier alpha value is -0.600. The van der Waals surface area contributed by atoms with Gasteiger partial charge in [0.2, 0.25) is 0 Å². The summed E-state index contributed by atoms with van der Waals surface area (Å²) in [6.07, 6.45) is 3.69. The van der Waals surface area contributed by atoms with Crippen LogP contribution in [0, 0.1) is 5.82 Å². The van der Waals surface area contributed by atoms with Crippen LogP contribution in [0.25, 0.3) is 0 Å². The number of rotatable bonds is 5. The Balaban J connectivity index is 2.54. The molecule has 0 spiro atoms. The Kier molecular flexibility index (Phi) is 5.06. The molecule has 1 atom stereocenters. The minimum Gasteiger partial charge on any atom is -0.328 e. The molecule has 0 amide bonds. The van der Waals surface area contributed by atoms with Crippen LogP contribution >= 0.6 is 11.6 Å². The molecule has 1 unspecified atom stereocenters. The van der Waals surface area contributed by atoms with E-state index in [1.54, 1.807) is 6.07 Å². The van der Waals surface area contributed by atoms with E-state index in [0.717, 1.165) is 31.2 Å². The summed E-state index contributed by atoms with van der Waals surface area (Å²) in [6.45, 7) is 2.11. The van der Waals surface area contributed by atoms with Crippen LogP contribution in [0.4, 0.5) is 4.39 Å². The van der Waals surface area contributed by atoms with E-state index in [1.807, 2.05) is 6.07 Å². The zero-order valence-electron chi connectivity index (χ0n) is 8.97. The Morgan fingerprint density at radius 1 is 1.40 bits per heavy atom. The van der Waals surface area contributed by atoms with Gasteiger partial charge in [-0.1, -0.05) is 37.1 Å². The molecule has 0 bridgehead atoms. The molecule has 0 saturated heterocycles. The van der Waals surface area contributed by atoms with Gasteiger partial charge in [0.15, 0.2) is 0 Å². The predicted octanol–water partition coefficient (Wildman–Crippen LogP) is 3.54. The van der Waals surface area contributed by atoms with Crippen molar-refractivity contribution in [2.24, 2.45) is 5.73 Å². The number of nitrogens with two attached hydrogens (primary N) is 1. The summed E-state index contributed by atoms with van der Waals surface area (Å²) in [6, 6.07) is 5.10. The van der Waals surface area contributed by atoms with Crippen molar-refractivity contribution in [3.8, 4) is 0 Å². The van der Waals surface area contributed by atoms with E-state index in [1.165, 1.54) is 6.07 Å². The van der Waals surface area contributed by atoms with E-state index in [2.05, 4.69) is 6.92 Å². The third-order valence-electron chi connectivity index (χ3n) is 2.48. The molecule has 0 fully saturated rings. The molecule has 3 heteroatoms. The normalized spacial score (nSPS) is 12.8. The van der Waals surface area contributed by atoms with Crippen LogP contribution in [-0.2, 0) is 6.42 Å². The highest BCUT2D eigenvalue weighted by molar-refractivity contribution is 6.31. The fourth-order valence-electron chi connectivity index (χ4n) is 1.60. The standard InChI is InChI=1S/C12H17ClFN/c1-2-4-10(15)8-7-9-5-3-6-11(14)12(9)13/h3,5-6,10H,2,4,7-8,15H2,1H3. The summed E-state index contributed by atoms with van der Waals surface area (Å²) in [5.41, 5.74) is 6.73. The molecule has 0 radical (unpaired) electrons. The van der Waals surface area contributed by atoms with Crippen molar-refractivity contribution in [3.05, 3.63) is 34.6 Å². The van der Waals surface area contributed by atoms with Gasteiger partial charge in [0.25, 0.3) is 0 Å². The van der Waals surface area contributed by atoms with E-state index in [4.69, 9.17) is 17.3 Å². The van der Waals surface area contributed by atoms with Crippen LogP contribution in [0.15, 0.2) is 18.2 Å². The Morgan fingerprint density at radius 2 is 2.13 bits per heavy atom. The molecule has 0 heterocycles. The minimum absolute atomic E-state index is 0.189. The average Bonchev–Trinajstić information content (AvgIpc) is 2.21. The second kappa shape index (κ2) is 6.09. The van der Waals surface area contributed by atoms with Crippen molar-refractivity contribution in [2.75, 3.05) is 0 Å². The van der Waals surface area contributed by atoms with Crippen molar-refractivity contribution in [1.29, 1.82) is 0 Å². The summed E-state index contributed by atoms with van der Waals surface area (Å²) in [7, 11) is 0. The topological polar surface area (TPSA) is 26.0 Å². The Bertz CT molecular complexity index is 314. The molecule has 0 aliphatic carbocycles. The van der Waals surface area contributed by atoms with Crippen LogP contribution in [-0.4, -0.2) is 6.04 Å². The third-order valence-corrected chi connectivity index (χ3v) is 2.90. The zero-order valence-corrected chi connectivity index (χ0v) is 9.73. The van der Waals surface area contributed by atoms with Crippen molar-refractivity contribution in [1.82, 2.24) is 0 Å². The highest BCUT2D eigenvalue weighted by Gasteiger charge is 2.07. The third kappa shape index (κ3) is 3.80. The molecule has 1 aromatic rings. The Labute approximate surface area is 95.4 Å². The lowest BCUT2D eigenvalue weighted by Crippen LogP contribution is -2.20. The van der Waals surface area contributed by atoms with Gasteiger partial charge in [0.05, 0.1) is 5.02 Å². The zero-order chi connectivity index (χ0) is 11.3. The quantitative estimate of drug-likeness (QED) is 0.821. The summed E-state index contributed by atoms with van der Waals surface area (Å²) in [5, 5.41) is 0.237. The second-order valence-corrected chi connectivity index (χ2v) is 4.18. The van der Waals surface area contributed by atoms with Crippen LogP contribution in [0.1, 0.15) is 31.7 Å².